The van der Waals surface area contributed by atoms with E-state index < -0.39 is 0 Å². The van der Waals surface area contributed by atoms with Crippen LogP contribution in [0.25, 0.3) is 44.5 Å². The minimum absolute atomic E-state index is 0. The molecule has 6 aromatic carbocycles. The largest absolute Gasteiger partial charge is 2.00 e. The third kappa shape index (κ3) is 11.2. The molecule has 0 fully saturated rings. The van der Waals surface area contributed by atoms with Crippen LogP contribution >= 0.6 is 0 Å². The Labute approximate surface area is 405 Å². The zero-order chi connectivity index (χ0) is 45.7. The quantitative estimate of drug-likeness (QED) is 0.112. The maximum atomic E-state index is 6.24. The van der Waals surface area contributed by atoms with Crippen LogP contribution < -0.4 is 0 Å². The van der Waals surface area contributed by atoms with Crippen molar-refractivity contribution in [2.75, 3.05) is 0 Å². The maximum absolute atomic E-state index is 6.24. The van der Waals surface area contributed by atoms with E-state index in [0.717, 1.165) is 9.79 Å². The first-order chi connectivity index (χ1) is 29.3. The Morgan fingerprint density at radius 1 is 0.238 bits per heavy atom. The van der Waals surface area contributed by atoms with Crippen LogP contribution in [0.15, 0.2) is 119 Å². The number of benzene rings is 6. The fraction of sp³-hybridized carbons (Fsp3) is 0.400. The molecule has 0 heterocycles. The van der Waals surface area contributed by atoms with Gasteiger partial charge in [-0.2, -0.15) is 9.79 Å². The van der Waals surface area contributed by atoms with Crippen molar-refractivity contribution in [3.8, 4) is 44.5 Å². The van der Waals surface area contributed by atoms with Gasteiger partial charge >= 0.3 is 16.8 Å². The molecule has 0 amide bonds. The van der Waals surface area contributed by atoms with Crippen molar-refractivity contribution < 1.29 is 16.8 Å². The van der Waals surface area contributed by atoms with Crippen LogP contribution in [0.2, 0.25) is 0 Å². The molecular formula is C60H74CoS2. The molecule has 0 unspecified atom stereocenters. The van der Waals surface area contributed by atoms with E-state index in [9.17, 15) is 0 Å². The first kappa shape index (κ1) is 51.9. The van der Waals surface area contributed by atoms with Gasteiger partial charge in [0.2, 0.25) is 0 Å². The van der Waals surface area contributed by atoms with Gasteiger partial charge in [0.1, 0.15) is 0 Å². The van der Waals surface area contributed by atoms with Gasteiger partial charge in [0.25, 0.3) is 0 Å². The zero-order valence-electron chi connectivity index (χ0n) is 41.2. The molecule has 0 bridgehead atoms. The van der Waals surface area contributed by atoms with E-state index in [1.807, 2.05) is 0 Å². The Kier molecular flexibility index (Phi) is 18.5. The van der Waals surface area contributed by atoms with Crippen LogP contribution in [-0.2, 0) is 42.0 Å². The first-order valence-corrected chi connectivity index (χ1v) is 24.2. The molecule has 335 valence electrons. The van der Waals surface area contributed by atoms with Crippen LogP contribution in [0, 0.1) is 0 Å². The molecular weight excluding hydrogens is 844 g/mol. The average Bonchev–Trinajstić information content (AvgIpc) is 3.22. The first-order valence-electron chi connectivity index (χ1n) is 23.4. The van der Waals surface area contributed by atoms with Gasteiger partial charge < -0.3 is 25.3 Å². The summed E-state index contributed by atoms with van der Waals surface area (Å²) in [5.74, 6) is 3.56. The Morgan fingerprint density at radius 3 is 0.492 bits per heavy atom. The van der Waals surface area contributed by atoms with Gasteiger partial charge in [0.15, 0.2) is 0 Å². The molecule has 0 N–H and O–H groups in total. The molecule has 0 aliphatic carbocycles. The van der Waals surface area contributed by atoms with Crippen molar-refractivity contribution in [2.45, 2.75) is 168 Å². The van der Waals surface area contributed by atoms with Gasteiger partial charge in [0.05, 0.1) is 0 Å². The van der Waals surface area contributed by atoms with Crippen molar-refractivity contribution in [2.24, 2.45) is 0 Å². The normalized spacial score (nSPS) is 11.7. The van der Waals surface area contributed by atoms with Crippen molar-refractivity contribution in [3.63, 3.8) is 0 Å². The number of rotatable bonds is 12. The number of hydrogen-bond acceptors (Lipinski definition) is 2. The molecule has 0 aromatic heterocycles. The maximum Gasteiger partial charge on any atom is 2.00 e. The topological polar surface area (TPSA) is 0 Å². The summed E-state index contributed by atoms with van der Waals surface area (Å²) < 4.78 is 0. The van der Waals surface area contributed by atoms with Crippen molar-refractivity contribution >= 4 is 25.3 Å². The van der Waals surface area contributed by atoms with Gasteiger partial charge in [-0.25, -0.2) is 0 Å². The standard InChI is InChI=1S/2C30H38S.Co/c2*1-18(2)22-12-9-13-23(19(3)4)28(22)26-16-11-17-27(30(26)31)29-24(20(5)6)14-10-15-25(29)21(7)8;/h2*9-21,31H,1-8H3;/q;;+2/p-2. The van der Waals surface area contributed by atoms with Crippen LogP contribution in [-0.4, -0.2) is 0 Å². The molecule has 3 heteroatoms. The predicted molar refractivity (Wildman–Crippen MR) is 279 cm³/mol. The molecule has 0 atom stereocenters. The third-order valence-corrected chi connectivity index (χ3v) is 13.5. The van der Waals surface area contributed by atoms with E-state index in [0.29, 0.717) is 47.3 Å². The van der Waals surface area contributed by atoms with Crippen LogP contribution in [0.4, 0.5) is 0 Å². The molecule has 0 aliphatic heterocycles. The molecule has 0 aliphatic rings. The number of hydrogen-bond donors (Lipinski definition) is 0. The minimum Gasteiger partial charge on any atom is -0.779 e. The van der Waals surface area contributed by atoms with E-state index in [4.69, 9.17) is 25.3 Å². The Hall–Kier alpha value is -3.73. The summed E-state index contributed by atoms with van der Waals surface area (Å²) in [7, 11) is 0. The molecule has 6 aromatic rings. The monoisotopic (exact) mass is 917 g/mol. The molecule has 1 radical (unpaired) electrons. The molecule has 0 saturated heterocycles. The van der Waals surface area contributed by atoms with Crippen LogP contribution in [0.5, 0.6) is 0 Å². The van der Waals surface area contributed by atoms with Gasteiger partial charge in [-0.3, -0.25) is 0 Å². The molecule has 0 saturated carbocycles. The van der Waals surface area contributed by atoms with Crippen molar-refractivity contribution in [1.82, 2.24) is 0 Å². The smallest absolute Gasteiger partial charge is 0.779 e. The summed E-state index contributed by atoms with van der Waals surface area (Å²) in [5, 5.41) is 0. The van der Waals surface area contributed by atoms with E-state index in [1.54, 1.807) is 0 Å². The van der Waals surface area contributed by atoms with Crippen molar-refractivity contribution in [1.29, 1.82) is 0 Å². The summed E-state index contributed by atoms with van der Waals surface area (Å²) in [6, 6.07) is 40.3. The van der Waals surface area contributed by atoms with Gasteiger partial charge in [0, 0.05) is 0 Å². The Balaban J connectivity index is 0.000000272. The second-order valence-corrected chi connectivity index (χ2v) is 20.7. The van der Waals surface area contributed by atoms with Crippen LogP contribution in [0.1, 0.15) is 203 Å². The predicted octanol–water partition coefficient (Wildman–Crippen LogP) is 18.8. The van der Waals surface area contributed by atoms with Gasteiger partial charge in [-0.05, 0) is 136 Å². The Bertz CT molecular complexity index is 2020. The minimum atomic E-state index is 0. The van der Waals surface area contributed by atoms with Crippen molar-refractivity contribution in [3.05, 3.63) is 154 Å². The van der Waals surface area contributed by atoms with E-state index in [1.165, 1.54) is 89.0 Å². The van der Waals surface area contributed by atoms with Crippen LogP contribution in [0.3, 0.4) is 0 Å². The SMILES string of the molecule is CC(C)c1cccc(C(C)C)c1-c1cccc(-c2c(C(C)C)cccc2C(C)C)c1[S-].CC(C)c1cccc(C(C)C)c1-c1cccc(-c2c(C(C)C)cccc2C(C)C)c1[S-].[Co+2]. The molecule has 6 rings (SSSR count). The molecule has 0 nitrogen and oxygen atoms in total. The fourth-order valence-electron chi connectivity index (χ4n) is 9.31. The van der Waals surface area contributed by atoms with E-state index >= 15 is 0 Å². The summed E-state index contributed by atoms with van der Waals surface area (Å²) in [6.45, 7) is 36.5. The second-order valence-electron chi connectivity index (χ2n) is 19.8. The zero-order valence-corrected chi connectivity index (χ0v) is 43.8. The molecule has 63 heavy (non-hydrogen) atoms. The Morgan fingerprint density at radius 2 is 0.365 bits per heavy atom. The molecule has 0 spiro atoms. The summed E-state index contributed by atoms with van der Waals surface area (Å²) in [4.78, 5) is 1.96. The summed E-state index contributed by atoms with van der Waals surface area (Å²) in [6.07, 6.45) is 0. The third-order valence-electron chi connectivity index (χ3n) is 12.6. The second kappa shape index (κ2) is 22.4. The summed E-state index contributed by atoms with van der Waals surface area (Å²) in [5.41, 5.74) is 21.3. The van der Waals surface area contributed by atoms with E-state index in [2.05, 4.69) is 220 Å². The summed E-state index contributed by atoms with van der Waals surface area (Å²) >= 11 is 12.5. The fourth-order valence-corrected chi connectivity index (χ4v) is 9.99. The van der Waals surface area contributed by atoms with Gasteiger partial charge in [-0.15, -0.1) is 0 Å². The average molecular weight is 918 g/mol. The van der Waals surface area contributed by atoms with E-state index in [-0.39, 0.29) is 16.8 Å². The van der Waals surface area contributed by atoms with Gasteiger partial charge in [-0.1, -0.05) is 220 Å².